The highest BCUT2D eigenvalue weighted by Crippen LogP contribution is 2.32. The summed E-state index contributed by atoms with van der Waals surface area (Å²) in [5.41, 5.74) is 8.59. The molecule has 2 saturated heterocycles. The second-order valence-electron chi connectivity index (χ2n) is 8.14. The number of allylic oxidation sites excluding steroid dienone is 1. The van der Waals surface area contributed by atoms with Gasteiger partial charge in [0.05, 0.1) is 53.4 Å². The summed E-state index contributed by atoms with van der Waals surface area (Å²) in [5.74, 6) is 0.389. The topological polar surface area (TPSA) is 91.9 Å². The molecule has 2 aliphatic heterocycles. The van der Waals surface area contributed by atoms with E-state index in [1.165, 1.54) is 6.20 Å². The van der Waals surface area contributed by atoms with Crippen molar-refractivity contribution in [1.82, 2.24) is 14.9 Å². The van der Waals surface area contributed by atoms with E-state index in [0.29, 0.717) is 34.5 Å². The first-order chi connectivity index (χ1) is 15.5. The first-order valence-corrected chi connectivity index (χ1v) is 11.2. The second-order valence-corrected chi connectivity index (χ2v) is 8.55. The number of benzene rings is 1. The summed E-state index contributed by atoms with van der Waals surface area (Å²) >= 11 is 6.64. The summed E-state index contributed by atoms with van der Waals surface area (Å²) in [7, 11) is 0. The minimum Gasteiger partial charge on any atom is -0.403 e. The predicted octanol–water partition coefficient (Wildman–Crippen LogP) is 2.83. The molecule has 1 atom stereocenters. The van der Waals surface area contributed by atoms with E-state index < -0.39 is 6.67 Å². The Hall–Kier alpha value is -2.49. The third-order valence-corrected chi connectivity index (χ3v) is 6.30. The van der Waals surface area contributed by atoms with Gasteiger partial charge in [0.2, 0.25) is 5.95 Å². The molecular formula is C22H29ClFN7O. The molecule has 8 nitrogen and oxygen atoms in total. The number of halogens is 2. The molecule has 1 aromatic heterocycles. The van der Waals surface area contributed by atoms with Crippen molar-refractivity contribution in [2.45, 2.75) is 25.9 Å². The number of nitrogens with two attached hydrogens (primary N) is 1. The third kappa shape index (κ3) is 4.79. The molecule has 0 spiro atoms. The number of aromatic nitrogens is 2. The van der Waals surface area contributed by atoms with E-state index in [4.69, 9.17) is 22.1 Å². The Morgan fingerprint density at radius 3 is 2.88 bits per heavy atom. The van der Waals surface area contributed by atoms with Crippen molar-refractivity contribution in [3.05, 3.63) is 35.2 Å². The van der Waals surface area contributed by atoms with Crippen LogP contribution in [0.3, 0.4) is 0 Å². The second kappa shape index (κ2) is 9.97. The van der Waals surface area contributed by atoms with E-state index in [1.807, 2.05) is 12.1 Å². The lowest BCUT2D eigenvalue weighted by Crippen LogP contribution is -2.60. The fourth-order valence-corrected chi connectivity index (χ4v) is 4.45. The molecule has 4 rings (SSSR count). The molecule has 0 bridgehead atoms. The Labute approximate surface area is 192 Å². The van der Waals surface area contributed by atoms with Crippen LogP contribution in [-0.4, -0.2) is 78.7 Å². The van der Waals surface area contributed by atoms with Crippen LogP contribution in [0.25, 0.3) is 10.9 Å². The molecule has 0 saturated carbocycles. The molecule has 32 heavy (non-hydrogen) atoms. The maximum Gasteiger partial charge on any atom is 0.227 e. The molecule has 0 radical (unpaired) electrons. The van der Waals surface area contributed by atoms with Crippen LogP contribution in [0.2, 0.25) is 5.02 Å². The minimum absolute atomic E-state index is 0.0880. The fourth-order valence-electron chi connectivity index (χ4n) is 4.16. The number of alkyl halides is 1. The summed E-state index contributed by atoms with van der Waals surface area (Å²) in [6.07, 6.45) is 3.10. The highest BCUT2D eigenvalue weighted by molar-refractivity contribution is 6.34. The number of hydrogen-bond donors (Lipinski definition) is 2. The molecule has 1 unspecified atom stereocenters. The van der Waals surface area contributed by atoms with Gasteiger partial charge in [0.25, 0.3) is 0 Å². The van der Waals surface area contributed by atoms with Gasteiger partial charge in [-0.15, -0.1) is 0 Å². The smallest absolute Gasteiger partial charge is 0.227 e. The number of aliphatic imine (C=N–C) groups is 1. The van der Waals surface area contributed by atoms with Gasteiger partial charge < -0.3 is 20.7 Å². The molecule has 3 heterocycles. The third-order valence-electron chi connectivity index (χ3n) is 5.99. The van der Waals surface area contributed by atoms with Gasteiger partial charge in [0.15, 0.2) is 0 Å². The van der Waals surface area contributed by atoms with E-state index in [0.717, 1.165) is 49.4 Å². The van der Waals surface area contributed by atoms with Gasteiger partial charge in [0, 0.05) is 43.5 Å². The number of nitrogens with one attached hydrogen (secondary N) is 1. The highest BCUT2D eigenvalue weighted by Gasteiger charge is 2.33. The van der Waals surface area contributed by atoms with Crippen molar-refractivity contribution in [1.29, 1.82) is 0 Å². The average Bonchev–Trinajstić information content (AvgIpc) is 2.75. The Morgan fingerprint density at radius 1 is 1.41 bits per heavy atom. The normalized spacial score (nSPS) is 21.1. The SMILES string of the molecule is CC(=NCCF)/C(=C\N)Nc1ncc2cc(Cl)c(N3CCN(C4COC4)C(C)C3)cc2n1. The van der Waals surface area contributed by atoms with E-state index in [9.17, 15) is 4.39 Å². The number of piperazine rings is 1. The van der Waals surface area contributed by atoms with Crippen LogP contribution >= 0.6 is 11.6 Å². The van der Waals surface area contributed by atoms with Crippen molar-refractivity contribution in [3.8, 4) is 0 Å². The summed E-state index contributed by atoms with van der Waals surface area (Å²) < 4.78 is 17.8. The Morgan fingerprint density at radius 2 is 2.22 bits per heavy atom. The number of anilines is 2. The summed E-state index contributed by atoms with van der Waals surface area (Å²) in [4.78, 5) is 18.0. The molecule has 3 N–H and O–H groups in total. The number of hydrogen-bond acceptors (Lipinski definition) is 8. The lowest BCUT2D eigenvalue weighted by Gasteiger charge is -2.47. The predicted molar refractivity (Wildman–Crippen MR) is 127 cm³/mol. The number of rotatable bonds is 7. The van der Waals surface area contributed by atoms with Gasteiger partial charge in [-0.1, -0.05) is 11.6 Å². The summed E-state index contributed by atoms with van der Waals surface area (Å²) in [5, 5.41) is 4.61. The number of ether oxygens (including phenoxy) is 1. The number of nitrogens with zero attached hydrogens (tertiary/aromatic N) is 5. The van der Waals surface area contributed by atoms with Crippen molar-refractivity contribution in [2.24, 2.45) is 10.7 Å². The molecule has 1 aromatic carbocycles. The van der Waals surface area contributed by atoms with Crippen molar-refractivity contribution in [2.75, 3.05) is 56.3 Å². The van der Waals surface area contributed by atoms with E-state index in [2.05, 4.69) is 37.0 Å². The molecule has 0 amide bonds. The first kappa shape index (κ1) is 22.7. The van der Waals surface area contributed by atoms with Gasteiger partial charge in [-0.05, 0) is 26.0 Å². The standard InChI is InChI=1S/C22H29ClFN7O/c1-14-11-30(5-6-31(14)17-12-32-13-17)21-8-19-16(7-18(21)23)10-27-22(28-19)29-20(9-25)15(2)26-4-3-24/h7-10,14,17H,3-6,11-13,25H2,1-2H3,(H,27,28,29)/b20-9+,26-15?. The van der Waals surface area contributed by atoms with Crippen LogP contribution in [0.4, 0.5) is 16.0 Å². The van der Waals surface area contributed by atoms with Crippen LogP contribution in [0, 0.1) is 0 Å². The van der Waals surface area contributed by atoms with Gasteiger partial charge >= 0.3 is 0 Å². The van der Waals surface area contributed by atoms with Crippen LogP contribution in [-0.2, 0) is 4.74 Å². The maximum absolute atomic E-state index is 12.4. The zero-order valence-corrected chi connectivity index (χ0v) is 19.1. The number of fused-ring (bicyclic) bond motifs is 1. The van der Waals surface area contributed by atoms with Crippen molar-refractivity contribution in [3.63, 3.8) is 0 Å². The molecule has 2 fully saturated rings. The summed E-state index contributed by atoms with van der Waals surface area (Å²) in [6, 6.07) is 4.86. The zero-order valence-electron chi connectivity index (χ0n) is 18.4. The van der Waals surface area contributed by atoms with Gasteiger partial charge in [0.1, 0.15) is 6.67 Å². The van der Waals surface area contributed by atoms with Crippen molar-refractivity contribution >= 4 is 39.9 Å². The van der Waals surface area contributed by atoms with E-state index >= 15 is 0 Å². The van der Waals surface area contributed by atoms with Crippen LogP contribution in [0.1, 0.15) is 13.8 Å². The van der Waals surface area contributed by atoms with Gasteiger partial charge in [-0.2, -0.15) is 0 Å². The molecule has 2 aliphatic rings. The minimum atomic E-state index is -0.521. The lowest BCUT2D eigenvalue weighted by atomic mass is 10.1. The maximum atomic E-state index is 12.4. The van der Waals surface area contributed by atoms with E-state index in [1.54, 1.807) is 13.1 Å². The lowest BCUT2D eigenvalue weighted by molar-refractivity contribution is -0.0792. The average molecular weight is 462 g/mol. The van der Waals surface area contributed by atoms with Crippen LogP contribution in [0.5, 0.6) is 0 Å². The van der Waals surface area contributed by atoms with Gasteiger partial charge in [-0.25, -0.2) is 14.4 Å². The Kier molecular flexibility index (Phi) is 7.07. The zero-order chi connectivity index (χ0) is 22.7. The molecular weight excluding hydrogens is 433 g/mol. The Balaban J connectivity index is 1.54. The fraction of sp³-hybridized carbons (Fsp3) is 0.500. The van der Waals surface area contributed by atoms with Crippen LogP contribution < -0.4 is 16.0 Å². The first-order valence-electron chi connectivity index (χ1n) is 10.8. The molecule has 172 valence electrons. The van der Waals surface area contributed by atoms with Crippen molar-refractivity contribution < 1.29 is 9.13 Å². The molecule has 0 aliphatic carbocycles. The van der Waals surface area contributed by atoms with Crippen LogP contribution in [0.15, 0.2) is 35.2 Å². The monoisotopic (exact) mass is 461 g/mol. The quantitative estimate of drug-likeness (QED) is 0.612. The van der Waals surface area contributed by atoms with Gasteiger partial charge in [-0.3, -0.25) is 9.89 Å². The largest absolute Gasteiger partial charge is 0.403 e. The molecule has 10 heteroatoms. The summed E-state index contributed by atoms with van der Waals surface area (Å²) in [6.45, 7) is 7.98. The molecule has 2 aromatic rings. The Bertz CT molecular complexity index is 1030. The highest BCUT2D eigenvalue weighted by atomic mass is 35.5. The van der Waals surface area contributed by atoms with E-state index in [-0.39, 0.29) is 6.54 Å².